The van der Waals surface area contributed by atoms with Crippen molar-refractivity contribution in [3.05, 3.63) is 34.6 Å². The number of ether oxygens (including phenoxy) is 1. The number of morpholine rings is 1. The van der Waals surface area contributed by atoms with Gasteiger partial charge in [0, 0.05) is 38.2 Å². The highest BCUT2D eigenvalue weighted by Gasteiger charge is 2.26. The number of benzene rings is 1. The summed E-state index contributed by atoms with van der Waals surface area (Å²) < 4.78 is 18.9. The monoisotopic (exact) mass is 382 g/mol. The van der Waals surface area contributed by atoms with Crippen LogP contribution in [0.25, 0.3) is 0 Å². The predicted molar refractivity (Wildman–Crippen MR) is 96.7 cm³/mol. The number of carbonyl (C=O) groups excluding carboxylic acids is 2. The second kappa shape index (κ2) is 8.82. The summed E-state index contributed by atoms with van der Waals surface area (Å²) in [6.45, 7) is 3.81. The van der Waals surface area contributed by atoms with Crippen LogP contribution in [0.5, 0.6) is 0 Å². The Hall–Kier alpha value is -1.66. The largest absolute Gasteiger partial charge is 0.378 e. The molecular formula is C19H24ClFN2O3. The van der Waals surface area contributed by atoms with Gasteiger partial charge in [-0.1, -0.05) is 11.6 Å². The van der Waals surface area contributed by atoms with Gasteiger partial charge < -0.3 is 14.5 Å². The zero-order valence-electron chi connectivity index (χ0n) is 14.8. The molecule has 0 bridgehead atoms. The summed E-state index contributed by atoms with van der Waals surface area (Å²) in [6, 6.07) is 4.15. The number of nitrogens with zero attached hydrogens (tertiary/aromatic N) is 2. The van der Waals surface area contributed by atoms with Crippen LogP contribution in [0.1, 0.15) is 36.0 Å². The molecule has 0 radical (unpaired) electrons. The number of halogens is 2. The first-order chi connectivity index (χ1) is 12.5. The highest BCUT2D eigenvalue weighted by Crippen LogP contribution is 2.24. The van der Waals surface area contributed by atoms with Crippen molar-refractivity contribution in [2.75, 3.05) is 39.4 Å². The van der Waals surface area contributed by atoms with Crippen molar-refractivity contribution in [2.45, 2.75) is 25.7 Å². The van der Waals surface area contributed by atoms with Gasteiger partial charge in [0.25, 0.3) is 5.91 Å². The third-order valence-electron chi connectivity index (χ3n) is 5.10. The molecule has 0 spiro atoms. The molecule has 26 heavy (non-hydrogen) atoms. The molecule has 0 unspecified atom stereocenters. The minimum absolute atomic E-state index is 0.0136. The number of carbonyl (C=O) groups is 2. The molecule has 2 fully saturated rings. The van der Waals surface area contributed by atoms with Gasteiger partial charge >= 0.3 is 0 Å². The van der Waals surface area contributed by atoms with E-state index in [0.29, 0.717) is 57.3 Å². The van der Waals surface area contributed by atoms with Crippen LogP contribution in [0.3, 0.4) is 0 Å². The molecule has 1 aromatic rings. The molecule has 2 aliphatic rings. The maximum absolute atomic E-state index is 13.6. The average molecular weight is 383 g/mol. The molecule has 0 aromatic heterocycles. The molecule has 3 rings (SSSR count). The maximum atomic E-state index is 13.6. The van der Waals surface area contributed by atoms with Crippen LogP contribution in [-0.4, -0.2) is 61.0 Å². The second-order valence-electron chi connectivity index (χ2n) is 6.92. The Morgan fingerprint density at radius 3 is 2.69 bits per heavy atom. The average Bonchev–Trinajstić information content (AvgIpc) is 2.68. The zero-order valence-corrected chi connectivity index (χ0v) is 15.5. The minimum Gasteiger partial charge on any atom is -0.378 e. The molecule has 1 atom stereocenters. The highest BCUT2D eigenvalue weighted by molar-refractivity contribution is 6.30. The van der Waals surface area contributed by atoms with E-state index in [4.69, 9.17) is 16.3 Å². The van der Waals surface area contributed by atoms with Gasteiger partial charge in [-0.2, -0.15) is 0 Å². The van der Waals surface area contributed by atoms with Crippen LogP contribution >= 0.6 is 11.6 Å². The lowest BCUT2D eigenvalue weighted by molar-refractivity contribution is -0.135. The van der Waals surface area contributed by atoms with Gasteiger partial charge in [-0.25, -0.2) is 4.39 Å². The third kappa shape index (κ3) is 4.74. The number of piperidine rings is 1. The molecule has 0 aliphatic carbocycles. The van der Waals surface area contributed by atoms with Crippen LogP contribution < -0.4 is 0 Å². The van der Waals surface area contributed by atoms with E-state index in [0.717, 1.165) is 19.3 Å². The van der Waals surface area contributed by atoms with Gasteiger partial charge in [-0.05, 0) is 43.4 Å². The minimum atomic E-state index is -0.581. The van der Waals surface area contributed by atoms with E-state index in [1.54, 1.807) is 11.0 Å². The van der Waals surface area contributed by atoms with Crippen LogP contribution in [0, 0.1) is 11.7 Å². The highest BCUT2D eigenvalue weighted by atomic mass is 35.5. The fourth-order valence-corrected chi connectivity index (χ4v) is 3.71. The van der Waals surface area contributed by atoms with Crippen LogP contribution in [-0.2, 0) is 9.53 Å². The molecule has 0 N–H and O–H groups in total. The summed E-state index contributed by atoms with van der Waals surface area (Å²) in [5.74, 6) is -0.293. The van der Waals surface area contributed by atoms with Gasteiger partial charge in [-0.15, -0.1) is 0 Å². The fraction of sp³-hybridized carbons (Fsp3) is 0.579. The lowest BCUT2D eigenvalue weighted by atomic mass is 9.92. The Morgan fingerprint density at radius 2 is 1.96 bits per heavy atom. The summed E-state index contributed by atoms with van der Waals surface area (Å²) in [4.78, 5) is 28.5. The van der Waals surface area contributed by atoms with Crippen molar-refractivity contribution in [1.29, 1.82) is 0 Å². The molecule has 5 nitrogen and oxygen atoms in total. The van der Waals surface area contributed by atoms with Gasteiger partial charge in [0.2, 0.25) is 5.91 Å². The second-order valence-corrected chi connectivity index (χ2v) is 7.33. The first-order valence-corrected chi connectivity index (χ1v) is 9.52. The summed E-state index contributed by atoms with van der Waals surface area (Å²) in [7, 11) is 0. The van der Waals surface area contributed by atoms with E-state index in [9.17, 15) is 14.0 Å². The Morgan fingerprint density at radius 1 is 1.19 bits per heavy atom. The molecule has 2 saturated heterocycles. The number of hydrogen-bond donors (Lipinski definition) is 0. The zero-order chi connectivity index (χ0) is 18.5. The van der Waals surface area contributed by atoms with E-state index in [1.165, 1.54) is 12.1 Å². The molecule has 0 saturated carbocycles. The number of rotatable bonds is 4. The normalized spacial score (nSPS) is 20.9. The summed E-state index contributed by atoms with van der Waals surface area (Å²) >= 11 is 5.69. The van der Waals surface area contributed by atoms with Crippen molar-refractivity contribution in [1.82, 2.24) is 9.80 Å². The lowest BCUT2D eigenvalue weighted by Crippen LogP contribution is -2.42. The van der Waals surface area contributed by atoms with Crippen molar-refractivity contribution in [3.63, 3.8) is 0 Å². The van der Waals surface area contributed by atoms with Crippen molar-refractivity contribution in [2.24, 2.45) is 5.92 Å². The Labute approximate surface area is 158 Å². The van der Waals surface area contributed by atoms with E-state index in [1.807, 2.05) is 4.90 Å². The Balaban J connectivity index is 1.52. The Bertz CT molecular complexity index is 664. The first-order valence-electron chi connectivity index (χ1n) is 9.14. The lowest BCUT2D eigenvalue weighted by Gasteiger charge is -2.33. The van der Waals surface area contributed by atoms with Crippen molar-refractivity contribution < 1.29 is 18.7 Å². The molecule has 142 valence electrons. The fourth-order valence-electron chi connectivity index (χ4n) is 3.60. The number of amides is 2. The summed E-state index contributed by atoms with van der Waals surface area (Å²) in [6.07, 6.45) is 3.19. The molecule has 2 aliphatic heterocycles. The van der Waals surface area contributed by atoms with Crippen LogP contribution in [0.2, 0.25) is 5.02 Å². The van der Waals surface area contributed by atoms with Crippen molar-refractivity contribution >= 4 is 23.4 Å². The van der Waals surface area contributed by atoms with E-state index in [2.05, 4.69) is 0 Å². The van der Waals surface area contributed by atoms with Crippen molar-refractivity contribution in [3.8, 4) is 0 Å². The van der Waals surface area contributed by atoms with Gasteiger partial charge in [0.05, 0.1) is 18.2 Å². The smallest absolute Gasteiger partial charge is 0.253 e. The third-order valence-corrected chi connectivity index (χ3v) is 5.41. The quantitative estimate of drug-likeness (QED) is 0.804. The van der Waals surface area contributed by atoms with E-state index in [-0.39, 0.29) is 16.8 Å². The van der Waals surface area contributed by atoms with E-state index >= 15 is 0 Å². The molecule has 2 heterocycles. The first kappa shape index (κ1) is 19.1. The summed E-state index contributed by atoms with van der Waals surface area (Å²) in [5, 5.41) is 0.0136. The molecule has 1 aromatic carbocycles. The topological polar surface area (TPSA) is 49.9 Å². The molecule has 7 heteroatoms. The van der Waals surface area contributed by atoms with Gasteiger partial charge in [-0.3, -0.25) is 9.59 Å². The standard InChI is InChI=1S/C19H24ClFN2O3/c20-16-5-4-15(12-17(16)21)19(25)23-7-1-2-14(13-23)3-6-18(24)22-8-10-26-11-9-22/h4-5,12,14H,1-3,6-11,13H2/t14-/m0/s1. The maximum Gasteiger partial charge on any atom is 0.253 e. The Kier molecular flexibility index (Phi) is 6.48. The predicted octanol–water partition coefficient (Wildman–Crippen LogP) is 2.97. The number of likely N-dealkylation sites (tertiary alicyclic amines) is 1. The number of hydrogen-bond acceptors (Lipinski definition) is 3. The van der Waals surface area contributed by atoms with Crippen LogP contribution in [0.15, 0.2) is 18.2 Å². The molecular weight excluding hydrogens is 359 g/mol. The van der Waals surface area contributed by atoms with Crippen LogP contribution in [0.4, 0.5) is 4.39 Å². The van der Waals surface area contributed by atoms with Gasteiger partial charge in [0.1, 0.15) is 5.82 Å². The molecule has 2 amide bonds. The van der Waals surface area contributed by atoms with Gasteiger partial charge in [0.15, 0.2) is 0 Å². The SMILES string of the molecule is O=C(CC[C@@H]1CCCN(C(=O)c2ccc(Cl)c(F)c2)C1)N1CCOCC1. The van der Waals surface area contributed by atoms with E-state index < -0.39 is 5.82 Å². The summed E-state index contributed by atoms with van der Waals surface area (Å²) in [5.41, 5.74) is 0.317.